The first-order valence-corrected chi connectivity index (χ1v) is 14.6. The van der Waals surface area contributed by atoms with E-state index in [1.165, 1.54) is 0 Å². The van der Waals surface area contributed by atoms with Crippen molar-refractivity contribution in [2.45, 2.75) is 77.9 Å². The van der Waals surface area contributed by atoms with Gasteiger partial charge in [0.1, 0.15) is 6.10 Å². The van der Waals surface area contributed by atoms with Crippen molar-refractivity contribution in [3.63, 3.8) is 0 Å². The maximum Gasteiger partial charge on any atom is 0.306 e. The lowest BCUT2D eigenvalue weighted by Gasteiger charge is -2.50. The van der Waals surface area contributed by atoms with Crippen molar-refractivity contribution in [2.24, 2.45) is 5.92 Å². The Morgan fingerprint density at radius 1 is 1.00 bits per heavy atom. The Kier molecular flexibility index (Phi) is 9.12. The number of benzene rings is 2. The highest BCUT2D eigenvalue weighted by Crippen LogP contribution is 2.39. The summed E-state index contributed by atoms with van der Waals surface area (Å²) in [5.41, 5.74) is 4.15. The topological polar surface area (TPSA) is 49.9 Å². The molecule has 1 unspecified atom stereocenters. The number of hydrogen-bond acceptors (Lipinski definition) is 4. The monoisotopic (exact) mass is 568 g/mol. The third-order valence-electron chi connectivity index (χ3n) is 8.47. The van der Waals surface area contributed by atoms with Crippen molar-refractivity contribution in [1.82, 2.24) is 9.80 Å². The fourth-order valence-electron chi connectivity index (χ4n) is 6.05. The third kappa shape index (κ3) is 6.46. The molecular formula is C31H41BrN2O3. The van der Waals surface area contributed by atoms with Gasteiger partial charge in [0.2, 0.25) is 0 Å². The molecule has 0 aromatic heterocycles. The molecule has 2 aliphatic heterocycles. The van der Waals surface area contributed by atoms with Gasteiger partial charge in [-0.2, -0.15) is 0 Å². The normalized spacial score (nSPS) is 19.4. The number of ether oxygens (including phenoxy) is 1. The average Bonchev–Trinajstić information content (AvgIpc) is 2.88. The molecule has 1 atom stereocenters. The van der Waals surface area contributed by atoms with Gasteiger partial charge in [-0.1, -0.05) is 53.2 Å². The number of nitrogens with zero attached hydrogens (tertiary/aromatic N) is 2. The number of esters is 1. The van der Waals surface area contributed by atoms with E-state index in [-0.39, 0.29) is 23.5 Å². The summed E-state index contributed by atoms with van der Waals surface area (Å²) in [6, 6.07) is 14.3. The fourth-order valence-corrected chi connectivity index (χ4v) is 6.32. The number of hydrogen-bond donors (Lipinski definition) is 0. The summed E-state index contributed by atoms with van der Waals surface area (Å²) >= 11 is 3.52. The molecule has 2 fully saturated rings. The van der Waals surface area contributed by atoms with Gasteiger partial charge in [-0.05, 0) is 94.8 Å². The number of carbonyl (C=O) groups is 2. The summed E-state index contributed by atoms with van der Waals surface area (Å²) in [6.07, 6.45) is 5.03. The van der Waals surface area contributed by atoms with E-state index < -0.39 is 0 Å². The van der Waals surface area contributed by atoms with Crippen LogP contribution in [-0.4, -0.2) is 53.4 Å². The Hall–Kier alpha value is -2.18. The molecule has 0 saturated carbocycles. The van der Waals surface area contributed by atoms with Crippen LogP contribution >= 0.6 is 15.9 Å². The zero-order valence-corrected chi connectivity index (χ0v) is 24.4. The number of amides is 1. The summed E-state index contributed by atoms with van der Waals surface area (Å²) in [5, 5.41) is 0. The highest BCUT2D eigenvalue weighted by molar-refractivity contribution is 9.10. The molecule has 0 aliphatic carbocycles. The van der Waals surface area contributed by atoms with E-state index in [2.05, 4.69) is 39.9 Å². The van der Waals surface area contributed by atoms with Crippen LogP contribution < -0.4 is 0 Å². The number of piperidine rings is 2. The van der Waals surface area contributed by atoms with Crippen LogP contribution in [0.2, 0.25) is 0 Å². The second-order valence-corrected chi connectivity index (χ2v) is 12.0. The minimum atomic E-state index is -0.195. The lowest BCUT2D eigenvalue weighted by Crippen LogP contribution is -2.56. The number of rotatable bonds is 7. The molecular weight excluding hydrogens is 528 g/mol. The summed E-state index contributed by atoms with van der Waals surface area (Å²) in [4.78, 5) is 30.4. The SMILES string of the molecule is CCCC(=O)OC(c1ccc(Br)cc1)C1CCN(C2(C)CCN(C(=O)c3c(C)cccc3C)CC2)CC1. The second-order valence-electron chi connectivity index (χ2n) is 11.1. The van der Waals surface area contributed by atoms with Crippen molar-refractivity contribution < 1.29 is 14.3 Å². The van der Waals surface area contributed by atoms with Gasteiger partial charge >= 0.3 is 5.97 Å². The quantitative estimate of drug-likeness (QED) is 0.342. The summed E-state index contributed by atoms with van der Waals surface area (Å²) in [7, 11) is 0. The van der Waals surface area contributed by atoms with Gasteiger partial charge < -0.3 is 9.64 Å². The first kappa shape index (κ1) is 27.8. The summed E-state index contributed by atoms with van der Waals surface area (Å²) < 4.78 is 7.07. The Balaban J connectivity index is 1.38. The fraction of sp³-hybridized carbons (Fsp3) is 0.548. The number of likely N-dealkylation sites (tertiary alicyclic amines) is 2. The van der Waals surface area contributed by atoms with Crippen molar-refractivity contribution in [2.75, 3.05) is 26.2 Å². The lowest BCUT2D eigenvalue weighted by atomic mass is 9.82. The molecule has 0 N–H and O–H groups in total. The molecule has 5 nitrogen and oxygen atoms in total. The Morgan fingerprint density at radius 3 is 2.16 bits per heavy atom. The molecule has 2 saturated heterocycles. The second kappa shape index (κ2) is 12.1. The van der Waals surface area contributed by atoms with E-state index >= 15 is 0 Å². The molecule has 0 bridgehead atoms. The van der Waals surface area contributed by atoms with Crippen LogP contribution in [0.3, 0.4) is 0 Å². The minimum absolute atomic E-state index is 0.0918. The first-order chi connectivity index (χ1) is 17.7. The zero-order valence-electron chi connectivity index (χ0n) is 22.8. The molecule has 37 heavy (non-hydrogen) atoms. The van der Waals surface area contributed by atoms with Gasteiger partial charge in [-0.25, -0.2) is 0 Å². The highest BCUT2D eigenvalue weighted by Gasteiger charge is 2.40. The molecule has 1 amide bonds. The van der Waals surface area contributed by atoms with Gasteiger partial charge in [0.15, 0.2) is 0 Å². The molecule has 200 valence electrons. The van der Waals surface area contributed by atoms with E-state index in [4.69, 9.17) is 4.74 Å². The number of carbonyl (C=O) groups excluding carboxylic acids is 2. The van der Waals surface area contributed by atoms with E-state index in [9.17, 15) is 9.59 Å². The van der Waals surface area contributed by atoms with Crippen molar-refractivity contribution >= 4 is 27.8 Å². The van der Waals surface area contributed by atoms with E-state index in [1.807, 2.05) is 56.0 Å². The van der Waals surface area contributed by atoms with Crippen molar-refractivity contribution in [3.8, 4) is 0 Å². The van der Waals surface area contributed by atoms with Gasteiger partial charge in [0.05, 0.1) is 0 Å². The maximum atomic E-state index is 13.3. The zero-order chi connectivity index (χ0) is 26.6. The molecule has 0 radical (unpaired) electrons. The Bertz CT molecular complexity index is 1060. The van der Waals surface area contributed by atoms with Crippen LogP contribution in [0.1, 0.15) is 85.5 Å². The van der Waals surface area contributed by atoms with Crippen LogP contribution in [0.5, 0.6) is 0 Å². The first-order valence-electron chi connectivity index (χ1n) is 13.8. The highest BCUT2D eigenvalue weighted by atomic mass is 79.9. The molecule has 2 aromatic carbocycles. The Morgan fingerprint density at radius 2 is 1.59 bits per heavy atom. The van der Waals surface area contributed by atoms with Crippen molar-refractivity contribution in [1.29, 1.82) is 0 Å². The van der Waals surface area contributed by atoms with Crippen LogP contribution in [0.25, 0.3) is 0 Å². The van der Waals surface area contributed by atoms with Crippen molar-refractivity contribution in [3.05, 3.63) is 69.2 Å². The van der Waals surface area contributed by atoms with Crippen LogP contribution in [-0.2, 0) is 9.53 Å². The molecule has 2 aliphatic rings. The van der Waals surface area contributed by atoms with E-state index in [1.54, 1.807) is 0 Å². The molecule has 2 heterocycles. The van der Waals surface area contributed by atoms with Gasteiger partial charge in [0, 0.05) is 41.0 Å². The third-order valence-corrected chi connectivity index (χ3v) is 8.99. The van der Waals surface area contributed by atoms with Crippen LogP contribution in [0.15, 0.2) is 46.9 Å². The smallest absolute Gasteiger partial charge is 0.306 e. The lowest BCUT2D eigenvalue weighted by molar-refractivity contribution is -0.154. The number of halogens is 1. The van der Waals surface area contributed by atoms with Gasteiger partial charge in [0.25, 0.3) is 5.91 Å². The van der Waals surface area contributed by atoms with E-state index in [0.29, 0.717) is 12.3 Å². The number of aryl methyl sites for hydroxylation is 2. The largest absolute Gasteiger partial charge is 0.457 e. The van der Waals surface area contributed by atoms with Crippen LogP contribution in [0.4, 0.5) is 0 Å². The summed E-state index contributed by atoms with van der Waals surface area (Å²) in [5.74, 6) is 0.376. The minimum Gasteiger partial charge on any atom is -0.457 e. The van der Waals surface area contributed by atoms with Crippen LogP contribution in [0, 0.1) is 19.8 Å². The predicted molar refractivity (Wildman–Crippen MR) is 152 cm³/mol. The molecule has 6 heteroatoms. The van der Waals surface area contributed by atoms with Gasteiger partial charge in [-0.3, -0.25) is 14.5 Å². The van der Waals surface area contributed by atoms with Gasteiger partial charge in [-0.15, -0.1) is 0 Å². The molecule has 4 rings (SSSR count). The Labute approximate surface area is 230 Å². The maximum absolute atomic E-state index is 13.3. The predicted octanol–water partition coefficient (Wildman–Crippen LogP) is 6.86. The molecule has 2 aromatic rings. The standard InChI is InChI=1S/C31H41BrN2O3/c1-5-7-27(35)37-29(24-10-12-26(32)13-11-24)25-14-18-34(19-15-25)31(4)16-20-33(21-17-31)30(36)28-22(2)8-6-9-23(28)3/h6,8-13,25,29H,5,7,14-21H2,1-4H3. The summed E-state index contributed by atoms with van der Waals surface area (Å²) in [6.45, 7) is 12.0. The van der Waals surface area contributed by atoms with E-state index in [0.717, 1.165) is 85.0 Å². The average molecular weight is 570 g/mol. The molecule has 0 spiro atoms.